The number of hydrogen-bond donors (Lipinski definition) is 2. The van der Waals surface area contributed by atoms with Crippen molar-refractivity contribution in [1.29, 1.82) is 0 Å². The first kappa shape index (κ1) is 17.5. The molecule has 1 fully saturated rings. The Morgan fingerprint density at radius 1 is 1.15 bits per heavy atom. The van der Waals surface area contributed by atoms with Crippen LogP contribution in [-0.4, -0.2) is 29.4 Å². The van der Waals surface area contributed by atoms with Gasteiger partial charge in [-0.05, 0) is 49.1 Å². The quantitative estimate of drug-likeness (QED) is 0.628. The highest BCUT2D eigenvalue weighted by Gasteiger charge is 2.18. The van der Waals surface area contributed by atoms with E-state index in [4.69, 9.17) is 0 Å². The number of fused-ring (bicyclic) bond motifs is 1. The number of halogens is 2. The van der Waals surface area contributed by atoms with Gasteiger partial charge in [0.05, 0.1) is 16.9 Å². The van der Waals surface area contributed by atoms with Gasteiger partial charge in [0.15, 0.2) is 5.88 Å². The molecule has 0 atom stereocenters. The van der Waals surface area contributed by atoms with E-state index in [2.05, 4.69) is 21.8 Å². The topological polar surface area (TPSA) is 51.6 Å². The molecule has 2 aromatic carbocycles. The number of rotatable bonds is 3. The van der Waals surface area contributed by atoms with Crippen molar-refractivity contribution in [2.75, 3.05) is 18.0 Å². The van der Waals surface area contributed by atoms with Gasteiger partial charge >= 0.3 is 0 Å². The average molecular weight is 369 g/mol. The number of aromatic hydroxyl groups is 1. The molecule has 4 rings (SSSR count). The van der Waals surface area contributed by atoms with Crippen molar-refractivity contribution in [1.82, 2.24) is 4.98 Å². The summed E-state index contributed by atoms with van der Waals surface area (Å²) in [7, 11) is 0. The number of hydrogen-bond acceptors (Lipinski definition) is 3. The predicted molar refractivity (Wildman–Crippen MR) is 104 cm³/mol. The first-order valence-corrected chi connectivity index (χ1v) is 9.10. The van der Waals surface area contributed by atoms with Gasteiger partial charge in [-0.25, -0.2) is 8.78 Å². The van der Waals surface area contributed by atoms with E-state index in [9.17, 15) is 13.9 Å². The minimum atomic E-state index is -0.401. The second-order valence-corrected chi connectivity index (χ2v) is 7.14. The first-order valence-electron chi connectivity index (χ1n) is 9.10. The molecule has 0 saturated carbocycles. The molecule has 0 bridgehead atoms. The lowest BCUT2D eigenvalue weighted by Crippen LogP contribution is -2.33. The van der Waals surface area contributed by atoms with E-state index in [0.29, 0.717) is 33.8 Å². The number of benzene rings is 2. The second-order valence-electron chi connectivity index (χ2n) is 7.14. The fourth-order valence-corrected chi connectivity index (χ4v) is 3.52. The lowest BCUT2D eigenvalue weighted by atomic mass is 9.99. The van der Waals surface area contributed by atoms with Crippen LogP contribution in [0.4, 0.5) is 20.2 Å². The number of aromatic nitrogens is 1. The third-order valence-corrected chi connectivity index (χ3v) is 5.18. The molecule has 0 spiro atoms. The van der Waals surface area contributed by atoms with Gasteiger partial charge in [0.2, 0.25) is 0 Å². The minimum absolute atomic E-state index is 0.0983. The molecule has 3 aromatic rings. The summed E-state index contributed by atoms with van der Waals surface area (Å²) in [6, 6.07) is 9.07. The Morgan fingerprint density at radius 2 is 1.93 bits per heavy atom. The van der Waals surface area contributed by atoms with Crippen LogP contribution in [0.3, 0.4) is 0 Å². The zero-order chi connectivity index (χ0) is 19.0. The SMILES string of the molecule is CC1CCN(c2ccc(N=Cc3c(O)[nH]c4ccc(F)cc34)cc2F)CC1. The summed E-state index contributed by atoms with van der Waals surface area (Å²) in [5.41, 5.74) is 2.01. The maximum Gasteiger partial charge on any atom is 0.198 e. The lowest BCUT2D eigenvalue weighted by Gasteiger charge is -2.32. The summed E-state index contributed by atoms with van der Waals surface area (Å²) >= 11 is 0. The Hall–Kier alpha value is -2.89. The third kappa shape index (κ3) is 3.52. The van der Waals surface area contributed by atoms with Gasteiger partial charge in [0.1, 0.15) is 11.6 Å². The summed E-state index contributed by atoms with van der Waals surface area (Å²) in [4.78, 5) is 9.10. The van der Waals surface area contributed by atoms with Crippen LogP contribution in [0, 0.1) is 17.6 Å². The summed E-state index contributed by atoms with van der Waals surface area (Å²) in [5, 5.41) is 10.6. The minimum Gasteiger partial charge on any atom is -0.494 e. The molecule has 1 saturated heterocycles. The molecule has 1 aromatic heterocycles. The molecule has 1 aliphatic rings. The molecule has 0 radical (unpaired) electrons. The van der Waals surface area contributed by atoms with Gasteiger partial charge in [0, 0.05) is 36.3 Å². The van der Waals surface area contributed by atoms with Crippen molar-refractivity contribution in [3.63, 3.8) is 0 Å². The molecule has 0 unspecified atom stereocenters. The fourth-order valence-electron chi connectivity index (χ4n) is 3.52. The van der Waals surface area contributed by atoms with E-state index in [1.165, 1.54) is 24.4 Å². The van der Waals surface area contributed by atoms with Crippen LogP contribution in [0.5, 0.6) is 5.88 Å². The molecule has 2 N–H and O–H groups in total. The molecule has 0 aliphatic carbocycles. The number of nitrogens with one attached hydrogen (secondary N) is 1. The van der Waals surface area contributed by atoms with Crippen LogP contribution in [0.1, 0.15) is 25.3 Å². The molecule has 6 heteroatoms. The average Bonchev–Trinajstić information content (AvgIpc) is 2.95. The number of aliphatic imine (C=N–C) groups is 1. The van der Waals surface area contributed by atoms with Crippen molar-refractivity contribution in [2.45, 2.75) is 19.8 Å². The zero-order valence-corrected chi connectivity index (χ0v) is 15.0. The van der Waals surface area contributed by atoms with Crippen molar-refractivity contribution in [2.24, 2.45) is 10.9 Å². The van der Waals surface area contributed by atoms with Crippen LogP contribution in [0.2, 0.25) is 0 Å². The molecule has 0 amide bonds. The largest absolute Gasteiger partial charge is 0.494 e. The van der Waals surface area contributed by atoms with E-state index in [1.807, 2.05) is 0 Å². The highest BCUT2D eigenvalue weighted by molar-refractivity contribution is 6.02. The van der Waals surface area contributed by atoms with Crippen molar-refractivity contribution in [3.05, 3.63) is 53.6 Å². The Balaban J connectivity index is 1.59. The number of anilines is 1. The number of piperidine rings is 1. The highest BCUT2D eigenvalue weighted by Crippen LogP contribution is 2.30. The standard InChI is InChI=1S/C21H21F2N3O/c1-13-6-8-26(9-7-13)20-5-3-15(11-18(20)23)24-12-17-16-10-14(22)2-4-19(16)25-21(17)27/h2-5,10-13,25,27H,6-9H2,1H3. The van der Waals surface area contributed by atoms with E-state index in [-0.39, 0.29) is 11.7 Å². The Labute approximate surface area is 156 Å². The first-order chi connectivity index (χ1) is 13.0. The normalized spacial score (nSPS) is 15.9. The van der Waals surface area contributed by atoms with Crippen LogP contribution in [0.15, 0.2) is 41.4 Å². The molecule has 4 nitrogen and oxygen atoms in total. The Bertz CT molecular complexity index is 1000. The second kappa shape index (κ2) is 7.02. The smallest absolute Gasteiger partial charge is 0.198 e. The van der Waals surface area contributed by atoms with Gasteiger partial charge in [-0.3, -0.25) is 4.99 Å². The Kier molecular flexibility index (Phi) is 4.56. The lowest BCUT2D eigenvalue weighted by molar-refractivity contribution is 0.434. The third-order valence-electron chi connectivity index (χ3n) is 5.18. The van der Waals surface area contributed by atoms with Gasteiger partial charge in [0.25, 0.3) is 0 Å². The maximum absolute atomic E-state index is 14.6. The van der Waals surface area contributed by atoms with E-state index < -0.39 is 5.82 Å². The van der Waals surface area contributed by atoms with Crippen molar-refractivity contribution < 1.29 is 13.9 Å². The van der Waals surface area contributed by atoms with Gasteiger partial charge in [-0.15, -0.1) is 0 Å². The molecule has 1 aliphatic heterocycles. The monoisotopic (exact) mass is 369 g/mol. The van der Waals surface area contributed by atoms with Crippen molar-refractivity contribution in [3.8, 4) is 5.88 Å². The summed E-state index contributed by atoms with van der Waals surface area (Å²) in [6.45, 7) is 3.93. The van der Waals surface area contributed by atoms with Crippen LogP contribution in [-0.2, 0) is 0 Å². The van der Waals surface area contributed by atoms with Crippen LogP contribution in [0.25, 0.3) is 10.9 Å². The summed E-state index contributed by atoms with van der Waals surface area (Å²) < 4.78 is 28.1. The fraction of sp³-hybridized carbons (Fsp3) is 0.286. The van der Waals surface area contributed by atoms with E-state index >= 15 is 0 Å². The molecular formula is C21H21F2N3O. The number of aromatic amines is 1. The van der Waals surface area contributed by atoms with Crippen molar-refractivity contribution >= 4 is 28.5 Å². The van der Waals surface area contributed by atoms with Crippen LogP contribution >= 0.6 is 0 Å². The molecule has 27 heavy (non-hydrogen) atoms. The predicted octanol–water partition coefficient (Wildman–Crippen LogP) is 5.14. The van der Waals surface area contributed by atoms with Crippen LogP contribution < -0.4 is 4.90 Å². The molecule has 2 heterocycles. The Morgan fingerprint density at radius 3 is 2.67 bits per heavy atom. The van der Waals surface area contributed by atoms with Gasteiger partial charge < -0.3 is 15.0 Å². The zero-order valence-electron chi connectivity index (χ0n) is 15.0. The summed E-state index contributed by atoms with van der Waals surface area (Å²) in [6.07, 6.45) is 3.55. The molecule has 140 valence electrons. The molecular weight excluding hydrogens is 348 g/mol. The van der Waals surface area contributed by atoms with E-state index in [1.54, 1.807) is 18.2 Å². The number of nitrogens with zero attached hydrogens (tertiary/aromatic N) is 2. The maximum atomic E-state index is 14.6. The summed E-state index contributed by atoms with van der Waals surface area (Å²) in [5.74, 6) is -0.128. The number of H-pyrrole nitrogens is 1. The van der Waals surface area contributed by atoms with Gasteiger partial charge in [-0.1, -0.05) is 6.92 Å². The highest BCUT2D eigenvalue weighted by atomic mass is 19.1. The van der Waals surface area contributed by atoms with E-state index in [0.717, 1.165) is 25.9 Å². The van der Waals surface area contributed by atoms with Gasteiger partial charge in [-0.2, -0.15) is 0 Å².